The predicted molar refractivity (Wildman–Crippen MR) is 63.9 cm³/mol. The van der Waals surface area contributed by atoms with Gasteiger partial charge in [0.25, 0.3) is 0 Å². The van der Waals surface area contributed by atoms with E-state index in [0.29, 0.717) is 11.6 Å². The Balaban J connectivity index is 2.40. The summed E-state index contributed by atoms with van der Waals surface area (Å²) in [5, 5.41) is 11.5. The number of aromatic nitrogens is 3. The lowest BCUT2D eigenvalue weighted by Crippen LogP contribution is -2.09. The Morgan fingerprint density at radius 3 is 2.26 bits per heavy atom. The number of rotatable bonds is 2. The van der Waals surface area contributed by atoms with Gasteiger partial charge in [-0.25, -0.2) is 4.68 Å². The van der Waals surface area contributed by atoms with E-state index in [2.05, 4.69) is 15.3 Å². The highest BCUT2D eigenvalue weighted by atomic mass is 19.4. The number of alkyl halides is 3. The molecule has 2 rings (SSSR count). The molecule has 0 N–H and O–H groups in total. The molecule has 1 aromatic heterocycles. The van der Waals surface area contributed by atoms with Crippen LogP contribution in [-0.2, 0) is 6.18 Å². The summed E-state index contributed by atoms with van der Waals surface area (Å²) < 4.78 is 39.7. The van der Waals surface area contributed by atoms with Crippen LogP contribution in [0.5, 0.6) is 0 Å². The molecular formula is C12H11F3N4. The normalized spacial score (nSPS) is 12.3. The van der Waals surface area contributed by atoms with Crippen molar-refractivity contribution in [2.45, 2.75) is 20.0 Å². The summed E-state index contributed by atoms with van der Waals surface area (Å²) in [5.41, 5.74) is -0.718. The van der Waals surface area contributed by atoms with Crippen LogP contribution in [0.3, 0.4) is 0 Å². The van der Waals surface area contributed by atoms with E-state index in [9.17, 15) is 13.2 Å². The highest BCUT2D eigenvalue weighted by molar-refractivity contribution is 5.81. The van der Waals surface area contributed by atoms with Crippen molar-refractivity contribution in [2.24, 2.45) is 5.10 Å². The first-order valence-electron chi connectivity index (χ1n) is 5.49. The first kappa shape index (κ1) is 13.3. The van der Waals surface area contributed by atoms with Crippen molar-refractivity contribution in [1.82, 2.24) is 14.9 Å². The number of benzene rings is 1. The second-order valence-corrected chi connectivity index (χ2v) is 3.94. The summed E-state index contributed by atoms with van der Waals surface area (Å²) in [5.74, 6) is 1.02. The van der Waals surface area contributed by atoms with Crippen LogP contribution in [0.25, 0.3) is 0 Å². The van der Waals surface area contributed by atoms with Gasteiger partial charge in [0.2, 0.25) is 0 Å². The third-order valence-corrected chi connectivity index (χ3v) is 2.53. The average Bonchev–Trinajstić information content (AvgIpc) is 2.66. The molecule has 19 heavy (non-hydrogen) atoms. The number of nitrogens with zero attached hydrogens (tertiary/aromatic N) is 4. The third kappa shape index (κ3) is 2.81. The molecule has 0 bridgehead atoms. The van der Waals surface area contributed by atoms with Crippen LogP contribution in [0.2, 0.25) is 0 Å². The second kappa shape index (κ2) is 4.83. The van der Waals surface area contributed by atoms with E-state index < -0.39 is 11.7 Å². The molecule has 4 nitrogen and oxygen atoms in total. The minimum absolute atomic E-state index is 0.00231. The molecule has 0 aliphatic carbocycles. The minimum Gasteiger partial charge on any atom is -0.202 e. The minimum atomic E-state index is -4.40. The average molecular weight is 268 g/mol. The van der Waals surface area contributed by atoms with Crippen molar-refractivity contribution in [3.05, 3.63) is 47.0 Å². The first-order chi connectivity index (χ1) is 8.89. The van der Waals surface area contributed by atoms with Crippen LogP contribution >= 0.6 is 0 Å². The fourth-order valence-corrected chi connectivity index (χ4v) is 1.62. The molecule has 0 atom stereocenters. The van der Waals surface area contributed by atoms with Gasteiger partial charge in [0, 0.05) is 5.56 Å². The lowest BCUT2D eigenvalue weighted by molar-refractivity contribution is -0.137. The van der Waals surface area contributed by atoms with E-state index in [1.807, 2.05) is 0 Å². The van der Waals surface area contributed by atoms with E-state index in [1.54, 1.807) is 13.8 Å². The van der Waals surface area contributed by atoms with Gasteiger partial charge in [-0.3, -0.25) is 0 Å². The fourth-order valence-electron chi connectivity index (χ4n) is 1.62. The molecule has 0 spiro atoms. The molecule has 0 aliphatic rings. The maximum Gasteiger partial charge on any atom is 0.417 e. The molecule has 7 heteroatoms. The number of halogens is 3. The summed E-state index contributed by atoms with van der Waals surface area (Å²) >= 11 is 0. The number of hydrogen-bond acceptors (Lipinski definition) is 3. The summed E-state index contributed by atoms with van der Waals surface area (Å²) in [6.07, 6.45) is -3.24. The molecule has 100 valence electrons. The first-order valence-corrected chi connectivity index (χ1v) is 5.49. The fraction of sp³-hybridized carbons (Fsp3) is 0.250. The predicted octanol–water partition coefficient (Wildman–Crippen LogP) is 2.80. The molecule has 2 aromatic rings. The summed E-state index contributed by atoms with van der Waals surface area (Å²) in [6.45, 7) is 3.35. The maximum absolute atomic E-state index is 12.8. The van der Waals surface area contributed by atoms with E-state index in [4.69, 9.17) is 0 Å². The SMILES string of the molecule is Cc1nnc(C)n1/N=C\c1ccccc1C(F)(F)F. The van der Waals surface area contributed by atoms with Gasteiger partial charge in [0.05, 0.1) is 11.8 Å². The van der Waals surface area contributed by atoms with Crippen LogP contribution < -0.4 is 0 Å². The zero-order valence-electron chi connectivity index (χ0n) is 10.3. The summed E-state index contributed by atoms with van der Waals surface area (Å²) in [4.78, 5) is 0. The maximum atomic E-state index is 12.8. The largest absolute Gasteiger partial charge is 0.417 e. The van der Waals surface area contributed by atoms with Gasteiger partial charge in [0.1, 0.15) is 0 Å². The van der Waals surface area contributed by atoms with Gasteiger partial charge >= 0.3 is 6.18 Å². The number of hydrogen-bond donors (Lipinski definition) is 0. The van der Waals surface area contributed by atoms with Crippen molar-refractivity contribution in [1.29, 1.82) is 0 Å². The summed E-state index contributed by atoms with van der Waals surface area (Å²) in [6, 6.07) is 5.26. The van der Waals surface area contributed by atoms with Crippen LogP contribution in [0.1, 0.15) is 22.8 Å². The molecule has 0 saturated carbocycles. The molecular weight excluding hydrogens is 257 g/mol. The monoisotopic (exact) mass is 268 g/mol. The Hall–Kier alpha value is -2.18. The Kier molecular flexibility index (Phi) is 3.37. The molecule has 0 aliphatic heterocycles. The van der Waals surface area contributed by atoms with Crippen molar-refractivity contribution in [3.8, 4) is 0 Å². The molecule has 0 radical (unpaired) electrons. The zero-order valence-corrected chi connectivity index (χ0v) is 10.3. The van der Waals surface area contributed by atoms with Crippen LogP contribution in [0.15, 0.2) is 29.4 Å². The van der Waals surface area contributed by atoms with Gasteiger partial charge in [-0.15, -0.1) is 10.2 Å². The molecule has 0 fully saturated rings. The lowest BCUT2D eigenvalue weighted by atomic mass is 10.1. The molecule has 1 aromatic carbocycles. The third-order valence-electron chi connectivity index (χ3n) is 2.53. The quantitative estimate of drug-likeness (QED) is 0.786. The van der Waals surface area contributed by atoms with Crippen molar-refractivity contribution >= 4 is 6.21 Å². The van der Waals surface area contributed by atoms with Gasteiger partial charge in [-0.05, 0) is 19.9 Å². The van der Waals surface area contributed by atoms with E-state index in [-0.39, 0.29) is 5.56 Å². The van der Waals surface area contributed by atoms with Crippen molar-refractivity contribution in [2.75, 3.05) is 0 Å². The van der Waals surface area contributed by atoms with Crippen LogP contribution in [0, 0.1) is 13.8 Å². The Labute approximate surface area is 107 Å². The van der Waals surface area contributed by atoms with Gasteiger partial charge < -0.3 is 0 Å². The molecule has 1 heterocycles. The second-order valence-electron chi connectivity index (χ2n) is 3.94. The standard InChI is InChI=1S/C12H11F3N4/c1-8-17-18-9(2)19(8)16-7-10-5-3-4-6-11(10)12(13,14)15/h3-7H,1-2H3/b16-7-. The topological polar surface area (TPSA) is 43.1 Å². The Morgan fingerprint density at radius 1 is 1.11 bits per heavy atom. The van der Waals surface area contributed by atoms with Gasteiger partial charge in [-0.1, -0.05) is 18.2 Å². The zero-order chi connectivity index (χ0) is 14.0. The molecule has 0 unspecified atom stereocenters. The van der Waals surface area contributed by atoms with Gasteiger partial charge in [-0.2, -0.15) is 18.3 Å². The number of aryl methyl sites for hydroxylation is 2. The van der Waals surface area contributed by atoms with E-state index in [1.165, 1.54) is 22.9 Å². The Bertz CT molecular complexity index is 594. The molecule has 0 saturated heterocycles. The Morgan fingerprint density at radius 2 is 1.68 bits per heavy atom. The van der Waals surface area contributed by atoms with Gasteiger partial charge in [0.15, 0.2) is 11.6 Å². The van der Waals surface area contributed by atoms with Crippen molar-refractivity contribution < 1.29 is 13.2 Å². The highest BCUT2D eigenvalue weighted by Gasteiger charge is 2.32. The highest BCUT2D eigenvalue weighted by Crippen LogP contribution is 2.31. The van der Waals surface area contributed by atoms with Crippen LogP contribution in [0.4, 0.5) is 13.2 Å². The lowest BCUT2D eigenvalue weighted by Gasteiger charge is -2.09. The molecule has 0 amide bonds. The summed E-state index contributed by atoms with van der Waals surface area (Å²) in [7, 11) is 0. The smallest absolute Gasteiger partial charge is 0.202 e. The van der Waals surface area contributed by atoms with Crippen molar-refractivity contribution in [3.63, 3.8) is 0 Å². The van der Waals surface area contributed by atoms with Crippen LogP contribution in [-0.4, -0.2) is 21.1 Å². The van der Waals surface area contributed by atoms with E-state index in [0.717, 1.165) is 12.3 Å². The van der Waals surface area contributed by atoms with E-state index >= 15 is 0 Å².